The molecule has 0 saturated carbocycles. The summed E-state index contributed by atoms with van der Waals surface area (Å²) in [4.78, 5) is 13.5. The molecule has 1 aliphatic rings. The fraction of sp³-hybridized carbons (Fsp3) is 0.615. The zero-order valence-electron chi connectivity index (χ0n) is 10.6. The lowest BCUT2D eigenvalue weighted by atomic mass is 10.0. The average Bonchev–Trinajstić information content (AvgIpc) is 2.46. The molecule has 90 valence electrons. The van der Waals surface area contributed by atoms with Gasteiger partial charge >= 0.3 is 6.09 Å². The summed E-state index contributed by atoms with van der Waals surface area (Å²) in [6.45, 7) is 12.9. The maximum absolute atomic E-state index is 11.8. The first-order chi connectivity index (χ1) is 7.33. The topological polar surface area (TPSA) is 29.5 Å². The fourth-order valence-electron chi connectivity index (χ4n) is 1.69. The molecule has 0 aromatic carbocycles. The smallest absolute Gasteiger partial charge is 0.410 e. The van der Waals surface area contributed by atoms with E-state index in [1.165, 1.54) is 0 Å². The van der Waals surface area contributed by atoms with E-state index < -0.39 is 5.60 Å². The molecule has 0 unspecified atom stereocenters. The van der Waals surface area contributed by atoms with Crippen LogP contribution in [-0.4, -0.2) is 29.7 Å². The lowest BCUT2D eigenvalue weighted by Crippen LogP contribution is -2.35. The molecule has 0 radical (unpaired) electrons. The second-order valence-electron chi connectivity index (χ2n) is 5.15. The van der Waals surface area contributed by atoms with E-state index in [0.29, 0.717) is 13.1 Å². The Bertz CT molecular complexity index is 312. The molecular formula is C13H21NO2. The van der Waals surface area contributed by atoms with Crippen molar-refractivity contribution in [2.75, 3.05) is 13.1 Å². The summed E-state index contributed by atoms with van der Waals surface area (Å²) in [6.07, 6.45) is 3.82. The first kappa shape index (κ1) is 12.8. The zero-order chi connectivity index (χ0) is 12.3. The van der Waals surface area contributed by atoms with Crippen molar-refractivity contribution in [2.24, 2.45) is 5.92 Å². The second kappa shape index (κ2) is 4.73. The van der Waals surface area contributed by atoms with E-state index in [2.05, 4.69) is 12.7 Å². The van der Waals surface area contributed by atoms with Crippen molar-refractivity contribution >= 4 is 6.09 Å². The van der Waals surface area contributed by atoms with E-state index in [-0.39, 0.29) is 12.0 Å². The van der Waals surface area contributed by atoms with Crippen molar-refractivity contribution in [3.63, 3.8) is 0 Å². The van der Waals surface area contributed by atoms with Crippen LogP contribution in [0.3, 0.4) is 0 Å². The second-order valence-corrected chi connectivity index (χ2v) is 5.15. The quantitative estimate of drug-likeness (QED) is 0.640. The monoisotopic (exact) mass is 223 g/mol. The molecule has 1 heterocycles. The van der Waals surface area contributed by atoms with Gasteiger partial charge in [0, 0.05) is 19.0 Å². The Balaban J connectivity index is 2.58. The summed E-state index contributed by atoms with van der Waals surface area (Å²) >= 11 is 0. The molecule has 1 saturated heterocycles. The van der Waals surface area contributed by atoms with E-state index in [4.69, 9.17) is 4.74 Å². The number of likely N-dealkylation sites (tertiary alicyclic amines) is 1. The molecule has 3 nitrogen and oxygen atoms in total. The Morgan fingerprint density at radius 1 is 1.56 bits per heavy atom. The molecule has 1 amide bonds. The van der Waals surface area contributed by atoms with Crippen LogP contribution in [-0.2, 0) is 4.74 Å². The van der Waals surface area contributed by atoms with E-state index >= 15 is 0 Å². The van der Waals surface area contributed by atoms with Crippen molar-refractivity contribution in [3.8, 4) is 0 Å². The van der Waals surface area contributed by atoms with Crippen LogP contribution in [0, 0.1) is 5.92 Å². The molecule has 0 N–H and O–H groups in total. The molecule has 1 rings (SSSR count). The highest BCUT2D eigenvalue weighted by Crippen LogP contribution is 2.24. The molecule has 16 heavy (non-hydrogen) atoms. The van der Waals surface area contributed by atoms with Crippen LogP contribution in [0.5, 0.6) is 0 Å². The SMILES string of the molecule is C=C1CN(C(=O)OC(C)(C)C)C[C@H]1/C=C/C. The molecule has 1 aliphatic heterocycles. The molecule has 0 bridgehead atoms. The van der Waals surface area contributed by atoms with Gasteiger partial charge in [0.15, 0.2) is 0 Å². The third-order valence-electron chi connectivity index (χ3n) is 2.41. The highest BCUT2D eigenvalue weighted by molar-refractivity contribution is 5.69. The number of rotatable bonds is 1. The Morgan fingerprint density at radius 2 is 2.19 bits per heavy atom. The van der Waals surface area contributed by atoms with Crippen LogP contribution in [0.2, 0.25) is 0 Å². The summed E-state index contributed by atoms with van der Waals surface area (Å²) in [6, 6.07) is 0. The maximum Gasteiger partial charge on any atom is 0.410 e. The summed E-state index contributed by atoms with van der Waals surface area (Å²) in [7, 11) is 0. The third-order valence-corrected chi connectivity index (χ3v) is 2.41. The Hall–Kier alpha value is -1.25. The number of hydrogen-bond donors (Lipinski definition) is 0. The van der Waals surface area contributed by atoms with Crippen molar-refractivity contribution < 1.29 is 9.53 Å². The van der Waals surface area contributed by atoms with Gasteiger partial charge in [-0.05, 0) is 33.3 Å². The van der Waals surface area contributed by atoms with Gasteiger partial charge in [0.2, 0.25) is 0 Å². The van der Waals surface area contributed by atoms with E-state index in [0.717, 1.165) is 5.57 Å². The van der Waals surface area contributed by atoms with Gasteiger partial charge < -0.3 is 9.64 Å². The minimum Gasteiger partial charge on any atom is -0.444 e. The number of carbonyl (C=O) groups excluding carboxylic acids is 1. The Morgan fingerprint density at radius 3 is 2.69 bits per heavy atom. The summed E-state index contributed by atoms with van der Waals surface area (Å²) in [5.41, 5.74) is 0.640. The van der Waals surface area contributed by atoms with Crippen LogP contribution in [0.4, 0.5) is 4.79 Å². The molecule has 1 atom stereocenters. The molecule has 0 aliphatic carbocycles. The van der Waals surface area contributed by atoms with Crippen molar-refractivity contribution in [1.82, 2.24) is 4.90 Å². The molecular weight excluding hydrogens is 202 g/mol. The molecule has 0 aromatic rings. The van der Waals surface area contributed by atoms with Crippen molar-refractivity contribution in [1.29, 1.82) is 0 Å². The molecule has 0 aromatic heterocycles. The number of hydrogen-bond acceptors (Lipinski definition) is 2. The van der Waals surface area contributed by atoms with Gasteiger partial charge in [-0.1, -0.05) is 18.7 Å². The minimum atomic E-state index is -0.433. The van der Waals surface area contributed by atoms with Gasteiger partial charge in [-0.25, -0.2) is 4.79 Å². The normalized spacial score (nSPS) is 21.9. The lowest BCUT2D eigenvalue weighted by Gasteiger charge is -2.24. The van der Waals surface area contributed by atoms with Crippen LogP contribution < -0.4 is 0 Å². The average molecular weight is 223 g/mol. The Kier molecular flexibility index (Phi) is 3.79. The van der Waals surface area contributed by atoms with Gasteiger partial charge in [0.25, 0.3) is 0 Å². The lowest BCUT2D eigenvalue weighted by molar-refractivity contribution is 0.0294. The number of allylic oxidation sites excluding steroid dienone is 1. The Labute approximate surface area is 97.8 Å². The first-order valence-electron chi connectivity index (χ1n) is 5.62. The van der Waals surface area contributed by atoms with Gasteiger partial charge in [-0.15, -0.1) is 0 Å². The van der Waals surface area contributed by atoms with Crippen LogP contribution in [0.1, 0.15) is 27.7 Å². The number of amides is 1. The number of ether oxygens (including phenoxy) is 1. The van der Waals surface area contributed by atoms with Crippen LogP contribution in [0.25, 0.3) is 0 Å². The summed E-state index contributed by atoms with van der Waals surface area (Å²) in [5.74, 6) is 0.275. The van der Waals surface area contributed by atoms with Crippen molar-refractivity contribution in [3.05, 3.63) is 24.3 Å². The molecule has 0 spiro atoms. The predicted molar refractivity (Wildman–Crippen MR) is 65.3 cm³/mol. The molecule has 3 heteroatoms. The van der Waals surface area contributed by atoms with E-state index in [1.807, 2.05) is 33.8 Å². The molecule has 1 fully saturated rings. The van der Waals surface area contributed by atoms with Gasteiger partial charge in [0.1, 0.15) is 5.60 Å². The van der Waals surface area contributed by atoms with Gasteiger partial charge in [-0.2, -0.15) is 0 Å². The standard InChI is InChI=1S/C13H21NO2/c1-6-7-11-9-14(8-10(11)2)12(15)16-13(3,4)5/h6-7,11H,2,8-9H2,1,3-5H3/b7-6+/t11-/m1/s1. The van der Waals surface area contributed by atoms with E-state index in [9.17, 15) is 4.79 Å². The number of nitrogens with zero attached hydrogens (tertiary/aromatic N) is 1. The van der Waals surface area contributed by atoms with Gasteiger partial charge in [0.05, 0.1) is 0 Å². The summed E-state index contributed by atoms with van der Waals surface area (Å²) < 4.78 is 5.32. The van der Waals surface area contributed by atoms with Crippen LogP contribution >= 0.6 is 0 Å². The largest absolute Gasteiger partial charge is 0.444 e. The fourth-order valence-corrected chi connectivity index (χ4v) is 1.69. The zero-order valence-corrected chi connectivity index (χ0v) is 10.6. The van der Waals surface area contributed by atoms with E-state index in [1.54, 1.807) is 4.90 Å². The van der Waals surface area contributed by atoms with Crippen molar-refractivity contribution in [2.45, 2.75) is 33.3 Å². The van der Waals surface area contributed by atoms with Crippen LogP contribution in [0.15, 0.2) is 24.3 Å². The predicted octanol–water partition coefficient (Wildman–Crippen LogP) is 2.99. The number of carbonyl (C=O) groups is 1. The van der Waals surface area contributed by atoms with Gasteiger partial charge in [-0.3, -0.25) is 0 Å². The third kappa shape index (κ3) is 3.40. The first-order valence-corrected chi connectivity index (χ1v) is 5.62. The highest BCUT2D eigenvalue weighted by Gasteiger charge is 2.30. The highest BCUT2D eigenvalue weighted by atomic mass is 16.6. The summed E-state index contributed by atoms with van der Waals surface area (Å²) in [5, 5.41) is 0. The maximum atomic E-state index is 11.8. The minimum absolute atomic E-state index is 0.249.